The molecule has 1 amide bonds. The van der Waals surface area contributed by atoms with E-state index in [-0.39, 0.29) is 22.4 Å². The maximum absolute atomic E-state index is 12.8. The number of nitrogens with zero attached hydrogens (tertiary/aromatic N) is 5. The number of aromatic amines is 1. The van der Waals surface area contributed by atoms with Gasteiger partial charge in [-0.1, -0.05) is 0 Å². The Balaban J connectivity index is 1.57. The van der Waals surface area contributed by atoms with Crippen molar-refractivity contribution in [3.05, 3.63) is 30.4 Å². The standard InChI is InChI=1S/C18H23N7O4S/c1-24(2)30(27,28)15-6-5-13(16-17(15)23-29-22-16)25-9-3-4-14(25)18(26)20-8-7-12-10-19-11-21-12/h5-6,10-11,14H,3-4,7-9H2,1-2H3,(H,19,21)(H,20,26). The lowest BCUT2D eigenvalue weighted by Gasteiger charge is -2.26. The quantitative estimate of drug-likeness (QED) is 0.550. The maximum atomic E-state index is 12.8. The molecule has 3 heterocycles. The number of benzene rings is 1. The number of carbonyl (C=O) groups excluding carboxylic acids is 1. The predicted octanol–water partition coefficient (Wildman–Crippen LogP) is 0.524. The first-order valence-corrected chi connectivity index (χ1v) is 11.0. The molecule has 0 bridgehead atoms. The van der Waals surface area contributed by atoms with Gasteiger partial charge >= 0.3 is 0 Å². The summed E-state index contributed by atoms with van der Waals surface area (Å²) in [6.07, 6.45) is 5.52. The summed E-state index contributed by atoms with van der Waals surface area (Å²) < 4.78 is 31.2. The van der Waals surface area contributed by atoms with Gasteiger partial charge in [-0.05, 0) is 35.3 Å². The zero-order valence-electron chi connectivity index (χ0n) is 16.7. The van der Waals surface area contributed by atoms with E-state index in [1.54, 1.807) is 18.6 Å². The number of amides is 1. The van der Waals surface area contributed by atoms with Crippen LogP contribution in [-0.2, 0) is 21.2 Å². The Kier molecular flexibility index (Phi) is 5.43. The van der Waals surface area contributed by atoms with Crippen LogP contribution in [0.5, 0.6) is 0 Å². The number of aromatic nitrogens is 4. The summed E-state index contributed by atoms with van der Waals surface area (Å²) >= 11 is 0. The van der Waals surface area contributed by atoms with Gasteiger partial charge in [-0.3, -0.25) is 4.79 Å². The maximum Gasteiger partial charge on any atom is 0.244 e. The van der Waals surface area contributed by atoms with Crippen molar-refractivity contribution in [3.63, 3.8) is 0 Å². The highest BCUT2D eigenvalue weighted by Crippen LogP contribution is 2.34. The number of rotatable bonds is 7. The zero-order valence-corrected chi connectivity index (χ0v) is 17.5. The van der Waals surface area contributed by atoms with Crippen LogP contribution in [0.15, 0.2) is 34.2 Å². The molecule has 160 valence electrons. The van der Waals surface area contributed by atoms with Crippen LogP contribution in [0.25, 0.3) is 11.0 Å². The molecule has 2 N–H and O–H groups in total. The number of hydrogen-bond donors (Lipinski definition) is 2. The van der Waals surface area contributed by atoms with E-state index in [1.165, 1.54) is 20.2 Å². The van der Waals surface area contributed by atoms with E-state index in [4.69, 9.17) is 4.63 Å². The average Bonchev–Trinajstić information content (AvgIpc) is 3.47. The molecule has 4 rings (SSSR count). The van der Waals surface area contributed by atoms with Crippen LogP contribution >= 0.6 is 0 Å². The first kappa shape index (κ1) is 20.3. The van der Waals surface area contributed by atoms with Crippen molar-refractivity contribution in [2.24, 2.45) is 0 Å². The predicted molar refractivity (Wildman–Crippen MR) is 108 cm³/mol. The van der Waals surface area contributed by atoms with E-state index in [1.807, 2.05) is 4.90 Å². The number of anilines is 1. The van der Waals surface area contributed by atoms with E-state index in [9.17, 15) is 13.2 Å². The highest BCUT2D eigenvalue weighted by Gasteiger charge is 2.34. The highest BCUT2D eigenvalue weighted by molar-refractivity contribution is 7.89. The number of nitrogens with one attached hydrogen (secondary N) is 2. The van der Waals surface area contributed by atoms with Crippen molar-refractivity contribution in [2.45, 2.75) is 30.2 Å². The number of hydrogen-bond acceptors (Lipinski definition) is 8. The second kappa shape index (κ2) is 8.03. The van der Waals surface area contributed by atoms with E-state index < -0.39 is 10.0 Å². The molecule has 11 nitrogen and oxygen atoms in total. The summed E-state index contributed by atoms with van der Waals surface area (Å²) in [5.74, 6) is -0.0818. The van der Waals surface area contributed by atoms with Crippen molar-refractivity contribution in [3.8, 4) is 0 Å². The van der Waals surface area contributed by atoms with Crippen molar-refractivity contribution in [1.29, 1.82) is 0 Å². The Morgan fingerprint density at radius 2 is 2.13 bits per heavy atom. The van der Waals surface area contributed by atoms with E-state index in [0.29, 0.717) is 37.1 Å². The fraction of sp³-hybridized carbons (Fsp3) is 0.444. The molecule has 1 aliphatic rings. The van der Waals surface area contributed by atoms with Crippen LogP contribution in [0, 0.1) is 0 Å². The number of H-pyrrole nitrogens is 1. The first-order chi connectivity index (χ1) is 14.4. The monoisotopic (exact) mass is 433 g/mol. The zero-order chi connectivity index (χ0) is 21.3. The van der Waals surface area contributed by atoms with Gasteiger partial charge in [0.05, 0.1) is 12.0 Å². The minimum absolute atomic E-state index is 0.0206. The summed E-state index contributed by atoms with van der Waals surface area (Å²) in [4.78, 5) is 21.7. The third kappa shape index (κ3) is 3.63. The van der Waals surface area contributed by atoms with Crippen LogP contribution < -0.4 is 10.2 Å². The minimum Gasteiger partial charge on any atom is -0.358 e. The second-order valence-electron chi connectivity index (χ2n) is 7.30. The molecule has 30 heavy (non-hydrogen) atoms. The molecule has 2 aromatic heterocycles. The van der Waals surface area contributed by atoms with Gasteiger partial charge < -0.3 is 15.2 Å². The molecule has 12 heteroatoms. The lowest BCUT2D eigenvalue weighted by Crippen LogP contribution is -2.44. The number of imidazole rings is 1. The molecular weight excluding hydrogens is 410 g/mol. The first-order valence-electron chi connectivity index (χ1n) is 9.59. The minimum atomic E-state index is -3.71. The van der Waals surface area contributed by atoms with Crippen molar-refractivity contribution >= 4 is 32.7 Å². The number of sulfonamides is 1. The lowest BCUT2D eigenvalue weighted by atomic mass is 10.1. The molecule has 1 saturated heterocycles. The number of carbonyl (C=O) groups is 1. The topological polar surface area (TPSA) is 137 Å². The Morgan fingerprint density at radius 3 is 2.87 bits per heavy atom. The molecule has 1 atom stereocenters. The van der Waals surface area contributed by atoms with Gasteiger partial charge in [0.1, 0.15) is 10.9 Å². The van der Waals surface area contributed by atoms with Gasteiger partial charge in [0.25, 0.3) is 0 Å². The fourth-order valence-corrected chi connectivity index (χ4v) is 4.67. The summed E-state index contributed by atoms with van der Waals surface area (Å²) in [6, 6.07) is 2.78. The Labute approximate surface area is 173 Å². The Bertz CT molecular complexity index is 1140. The van der Waals surface area contributed by atoms with Gasteiger partial charge in [0, 0.05) is 45.5 Å². The van der Waals surface area contributed by atoms with E-state index in [2.05, 4.69) is 25.6 Å². The van der Waals surface area contributed by atoms with Gasteiger partial charge in [-0.15, -0.1) is 0 Å². The van der Waals surface area contributed by atoms with Crippen LogP contribution in [0.2, 0.25) is 0 Å². The van der Waals surface area contributed by atoms with Crippen molar-refractivity contribution in [2.75, 3.05) is 32.1 Å². The smallest absolute Gasteiger partial charge is 0.244 e. The molecular formula is C18H23N7O4S. The van der Waals surface area contributed by atoms with Gasteiger partial charge in [0.2, 0.25) is 15.9 Å². The van der Waals surface area contributed by atoms with Crippen LogP contribution in [0.4, 0.5) is 5.69 Å². The Morgan fingerprint density at radius 1 is 1.33 bits per heavy atom. The van der Waals surface area contributed by atoms with Crippen molar-refractivity contribution < 1.29 is 17.8 Å². The molecule has 1 aromatic carbocycles. The highest BCUT2D eigenvalue weighted by atomic mass is 32.2. The summed E-state index contributed by atoms with van der Waals surface area (Å²) in [5, 5.41) is 10.7. The molecule has 0 radical (unpaired) electrons. The largest absolute Gasteiger partial charge is 0.358 e. The van der Waals surface area contributed by atoms with Crippen LogP contribution in [0.1, 0.15) is 18.5 Å². The fourth-order valence-electron chi connectivity index (χ4n) is 3.65. The normalized spacial score (nSPS) is 17.2. The summed E-state index contributed by atoms with van der Waals surface area (Å²) in [5.41, 5.74) is 2.07. The average molecular weight is 433 g/mol. The molecule has 3 aromatic rings. The molecule has 1 aliphatic heterocycles. The Hall–Kier alpha value is -2.99. The SMILES string of the molecule is CN(C)S(=O)(=O)c1ccc(N2CCCC2C(=O)NCCc2cnc[nH]2)c2nonc12. The summed E-state index contributed by atoms with van der Waals surface area (Å²) in [6.45, 7) is 1.15. The molecule has 1 unspecified atom stereocenters. The van der Waals surface area contributed by atoms with Gasteiger partial charge in [0.15, 0.2) is 11.0 Å². The van der Waals surface area contributed by atoms with Crippen LogP contribution in [-0.4, -0.2) is 72.1 Å². The van der Waals surface area contributed by atoms with E-state index in [0.717, 1.165) is 16.4 Å². The number of fused-ring (bicyclic) bond motifs is 1. The van der Waals surface area contributed by atoms with Crippen LogP contribution in [0.3, 0.4) is 0 Å². The third-order valence-corrected chi connectivity index (χ3v) is 7.08. The van der Waals surface area contributed by atoms with Gasteiger partial charge in [-0.2, -0.15) is 0 Å². The molecule has 1 fully saturated rings. The van der Waals surface area contributed by atoms with Crippen molar-refractivity contribution in [1.82, 2.24) is 29.9 Å². The second-order valence-corrected chi connectivity index (χ2v) is 9.42. The molecule has 0 spiro atoms. The third-order valence-electron chi connectivity index (χ3n) is 5.23. The molecule has 0 saturated carbocycles. The van der Waals surface area contributed by atoms with E-state index >= 15 is 0 Å². The summed E-state index contributed by atoms with van der Waals surface area (Å²) in [7, 11) is -0.810. The lowest BCUT2D eigenvalue weighted by molar-refractivity contribution is -0.122. The molecule has 0 aliphatic carbocycles. The van der Waals surface area contributed by atoms with Gasteiger partial charge in [-0.25, -0.2) is 22.3 Å².